The van der Waals surface area contributed by atoms with E-state index in [9.17, 15) is 0 Å². The van der Waals surface area contributed by atoms with Gasteiger partial charge in [-0.1, -0.05) is 13.8 Å². The van der Waals surface area contributed by atoms with Crippen molar-refractivity contribution in [2.75, 3.05) is 20.1 Å². The number of hydrogen-bond acceptors (Lipinski definition) is 2. The van der Waals surface area contributed by atoms with Crippen LogP contribution >= 0.6 is 0 Å². The minimum Gasteiger partial charge on any atom is -0.356 e. The van der Waals surface area contributed by atoms with Gasteiger partial charge in [0.25, 0.3) is 0 Å². The number of nitrogens with zero attached hydrogens (tertiary/aromatic N) is 3. The van der Waals surface area contributed by atoms with E-state index in [0.717, 1.165) is 32.0 Å². The zero-order valence-electron chi connectivity index (χ0n) is 11.0. The van der Waals surface area contributed by atoms with Crippen molar-refractivity contribution in [2.24, 2.45) is 10.9 Å². The lowest BCUT2D eigenvalue weighted by atomic mass is 10.2. The standard InChI is InChI=1S/C12H23N5/c1-11(2)10-15-12(13-3)14-6-4-8-17-9-5-7-16-17/h5,7,9,11H,4,6,8,10H2,1-3H3,(H2,13,14,15). The van der Waals surface area contributed by atoms with Crippen molar-refractivity contribution in [1.82, 2.24) is 20.4 Å². The molecule has 0 atom stereocenters. The molecule has 5 heteroatoms. The summed E-state index contributed by atoms with van der Waals surface area (Å²) in [7, 11) is 1.79. The van der Waals surface area contributed by atoms with Crippen molar-refractivity contribution in [3.63, 3.8) is 0 Å². The summed E-state index contributed by atoms with van der Waals surface area (Å²) in [5.41, 5.74) is 0. The monoisotopic (exact) mass is 237 g/mol. The number of aliphatic imine (C=N–C) groups is 1. The Labute approximate surface area is 103 Å². The minimum absolute atomic E-state index is 0.623. The molecule has 0 bridgehead atoms. The molecule has 0 aliphatic heterocycles. The molecule has 0 aromatic carbocycles. The molecule has 2 N–H and O–H groups in total. The van der Waals surface area contributed by atoms with Crippen LogP contribution in [0.25, 0.3) is 0 Å². The predicted octanol–water partition coefficient (Wildman–Crippen LogP) is 1.09. The van der Waals surface area contributed by atoms with Gasteiger partial charge in [-0.25, -0.2) is 0 Å². The van der Waals surface area contributed by atoms with Gasteiger partial charge in [0, 0.05) is 39.1 Å². The smallest absolute Gasteiger partial charge is 0.190 e. The summed E-state index contributed by atoms with van der Waals surface area (Å²) in [5.74, 6) is 1.50. The van der Waals surface area contributed by atoms with Crippen LogP contribution in [0.15, 0.2) is 23.5 Å². The van der Waals surface area contributed by atoms with E-state index in [1.54, 1.807) is 13.2 Å². The third kappa shape index (κ3) is 5.94. The van der Waals surface area contributed by atoms with Gasteiger partial charge >= 0.3 is 0 Å². The second-order valence-electron chi connectivity index (χ2n) is 4.40. The SMILES string of the molecule is CN=C(NCCCn1cccn1)NCC(C)C. The molecule has 1 aromatic rings. The van der Waals surface area contributed by atoms with Gasteiger partial charge in [-0.2, -0.15) is 5.10 Å². The molecule has 0 aliphatic carbocycles. The third-order valence-electron chi connectivity index (χ3n) is 2.32. The molecule has 0 spiro atoms. The van der Waals surface area contributed by atoms with Crippen LogP contribution in [0.5, 0.6) is 0 Å². The third-order valence-corrected chi connectivity index (χ3v) is 2.32. The van der Waals surface area contributed by atoms with E-state index >= 15 is 0 Å². The summed E-state index contributed by atoms with van der Waals surface area (Å²) < 4.78 is 1.94. The topological polar surface area (TPSA) is 54.2 Å². The van der Waals surface area contributed by atoms with Crippen LogP contribution in [-0.4, -0.2) is 35.9 Å². The quantitative estimate of drug-likeness (QED) is 0.442. The first-order valence-electron chi connectivity index (χ1n) is 6.14. The second-order valence-corrected chi connectivity index (χ2v) is 4.40. The Balaban J connectivity index is 2.11. The fraction of sp³-hybridized carbons (Fsp3) is 0.667. The number of rotatable bonds is 6. The molecule has 5 nitrogen and oxygen atoms in total. The molecule has 1 rings (SSSR count). The summed E-state index contributed by atoms with van der Waals surface area (Å²) in [4.78, 5) is 4.17. The Bertz CT molecular complexity index is 316. The first-order valence-corrected chi connectivity index (χ1v) is 6.14. The van der Waals surface area contributed by atoms with Crippen LogP contribution in [-0.2, 0) is 6.54 Å². The first kappa shape index (κ1) is 13.5. The van der Waals surface area contributed by atoms with Crippen LogP contribution in [0, 0.1) is 5.92 Å². The van der Waals surface area contributed by atoms with Crippen molar-refractivity contribution in [3.05, 3.63) is 18.5 Å². The number of nitrogens with one attached hydrogen (secondary N) is 2. The van der Waals surface area contributed by atoms with Crippen LogP contribution in [0.2, 0.25) is 0 Å². The Morgan fingerprint density at radius 1 is 1.41 bits per heavy atom. The van der Waals surface area contributed by atoms with E-state index in [0.29, 0.717) is 5.92 Å². The number of aromatic nitrogens is 2. The van der Waals surface area contributed by atoms with Gasteiger partial charge in [-0.3, -0.25) is 9.67 Å². The fourth-order valence-corrected chi connectivity index (χ4v) is 1.40. The van der Waals surface area contributed by atoms with E-state index < -0.39 is 0 Å². The molecule has 1 aromatic heterocycles. The maximum Gasteiger partial charge on any atom is 0.190 e. The van der Waals surface area contributed by atoms with Crippen LogP contribution < -0.4 is 10.6 Å². The summed E-state index contributed by atoms with van der Waals surface area (Å²) in [6.07, 6.45) is 4.81. The molecule has 0 aliphatic rings. The highest BCUT2D eigenvalue weighted by molar-refractivity contribution is 5.79. The molecule has 0 amide bonds. The number of aryl methyl sites for hydroxylation is 1. The Morgan fingerprint density at radius 2 is 2.24 bits per heavy atom. The van der Waals surface area contributed by atoms with Gasteiger partial charge in [0.15, 0.2) is 5.96 Å². The summed E-state index contributed by atoms with van der Waals surface area (Å²) in [6.45, 7) is 7.13. The minimum atomic E-state index is 0.623. The zero-order chi connectivity index (χ0) is 12.5. The molecule has 0 fully saturated rings. The molecule has 0 saturated heterocycles. The van der Waals surface area contributed by atoms with E-state index in [1.807, 2.05) is 16.9 Å². The molecule has 0 saturated carbocycles. The lowest BCUT2D eigenvalue weighted by Gasteiger charge is -2.13. The lowest BCUT2D eigenvalue weighted by Crippen LogP contribution is -2.39. The van der Waals surface area contributed by atoms with Gasteiger partial charge in [0.1, 0.15) is 0 Å². The van der Waals surface area contributed by atoms with E-state index in [4.69, 9.17) is 0 Å². The van der Waals surface area contributed by atoms with E-state index in [-0.39, 0.29) is 0 Å². The van der Waals surface area contributed by atoms with Gasteiger partial charge in [-0.05, 0) is 18.4 Å². The van der Waals surface area contributed by atoms with Crippen LogP contribution in [0.1, 0.15) is 20.3 Å². The summed E-state index contributed by atoms with van der Waals surface area (Å²) >= 11 is 0. The normalized spacial score (nSPS) is 11.9. The Hall–Kier alpha value is -1.52. The van der Waals surface area contributed by atoms with Gasteiger partial charge < -0.3 is 10.6 Å². The highest BCUT2D eigenvalue weighted by Crippen LogP contribution is 1.89. The average Bonchev–Trinajstić information content (AvgIpc) is 2.81. The van der Waals surface area contributed by atoms with Crippen molar-refractivity contribution >= 4 is 5.96 Å². The molecule has 17 heavy (non-hydrogen) atoms. The van der Waals surface area contributed by atoms with Crippen molar-refractivity contribution in [1.29, 1.82) is 0 Å². The fourth-order valence-electron chi connectivity index (χ4n) is 1.40. The molecular formula is C12H23N5. The van der Waals surface area contributed by atoms with E-state index in [1.165, 1.54) is 0 Å². The molecule has 96 valence electrons. The van der Waals surface area contributed by atoms with Crippen LogP contribution in [0.3, 0.4) is 0 Å². The number of hydrogen-bond donors (Lipinski definition) is 2. The van der Waals surface area contributed by atoms with Gasteiger partial charge in [-0.15, -0.1) is 0 Å². The largest absolute Gasteiger partial charge is 0.356 e. The lowest BCUT2D eigenvalue weighted by molar-refractivity contribution is 0.565. The zero-order valence-corrected chi connectivity index (χ0v) is 11.0. The highest BCUT2D eigenvalue weighted by Gasteiger charge is 1.98. The maximum absolute atomic E-state index is 4.17. The second kappa shape index (κ2) is 7.70. The van der Waals surface area contributed by atoms with Crippen molar-refractivity contribution < 1.29 is 0 Å². The first-order chi connectivity index (χ1) is 8.22. The summed E-state index contributed by atoms with van der Waals surface area (Å²) in [6, 6.07) is 1.94. The Morgan fingerprint density at radius 3 is 2.82 bits per heavy atom. The highest BCUT2D eigenvalue weighted by atomic mass is 15.3. The van der Waals surface area contributed by atoms with Gasteiger partial charge in [0.05, 0.1) is 0 Å². The molecule has 0 unspecified atom stereocenters. The number of guanidine groups is 1. The molecular weight excluding hydrogens is 214 g/mol. The summed E-state index contributed by atoms with van der Waals surface area (Å²) in [5, 5.41) is 10.7. The Kier molecular flexibility index (Phi) is 6.14. The van der Waals surface area contributed by atoms with Crippen molar-refractivity contribution in [2.45, 2.75) is 26.8 Å². The van der Waals surface area contributed by atoms with Gasteiger partial charge in [0.2, 0.25) is 0 Å². The van der Waals surface area contributed by atoms with Crippen molar-refractivity contribution in [3.8, 4) is 0 Å². The van der Waals surface area contributed by atoms with E-state index in [2.05, 4.69) is 34.6 Å². The average molecular weight is 237 g/mol. The maximum atomic E-state index is 4.17. The molecule has 0 radical (unpaired) electrons. The molecule has 1 heterocycles. The van der Waals surface area contributed by atoms with Crippen LogP contribution in [0.4, 0.5) is 0 Å². The predicted molar refractivity (Wildman–Crippen MR) is 71.0 cm³/mol.